The molecule has 0 bridgehead atoms. The summed E-state index contributed by atoms with van der Waals surface area (Å²) in [6.45, 7) is 0. The van der Waals surface area contributed by atoms with Gasteiger partial charge in [-0.25, -0.2) is 0 Å². The summed E-state index contributed by atoms with van der Waals surface area (Å²) in [6.07, 6.45) is -4.65. The lowest BCUT2D eigenvalue weighted by molar-refractivity contribution is -0.725. The van der Waals surface area contributed by atoms with Gasteiger partial charge in [-0.2, -0.15) is 13.2 Å². The fraction of sp³-hybridized carbons (Fsp3) is 0.500. The van der Waals surface area contributed by atoms with E-state index in [0.29, 0.717) is 0 Å². The van der Waals surface area contributed by atoms with Crippen LogP contribution < -0.4 is 0 Å². The van der Waals surface area contributed by atoms with Crippen LogP contribution in [0.1, 0.15) is 0 Å². The third kappa shape index (κ3) is 5.06. The van der Waals surface area contributed by atoms with E-state index in [4.69, 9.17) is 10.4 Å². The van der Waals surface area contributed by atoms with E-state index in [-0.39, 0.29) is 6.21 Å². The van der Waals surface area contributed by atoms with Crippen LogP contribution in [0.2, 0.25) is 0 Å². The molecule has 0 amide bonds. The van der Waals surface area contributed by atoms with E-state index in [1.807, 2.05) is 0 Å². The summed E-state index contributed by atoms with van der Waals surface area (Å²) in [7, 11) is 0. The first-order valence-electron chi connectivity index (χ1n) is 1.42. The molecule has 0 aliphatic rings. The topological polar surface area (TPSA) is 46.3 Å². The summed E-state index contributed by atoms with van der Waals surface area (Å²) < 4.78 is 32.4. The van der Waals surface area contributed by atoms with Gasteiger partial charge in [-0.3, -0.25) is 5.21 Å². The maximum absolute atomic E-state index is 10.8. The molecule has 0 saturated heterocycles. The van der Waals surface area contributed by atoms with Crippen molar-refractivity contribution in [1.29, 1.82) is 0 Å². The Hall–Kier alpha value is -0.940. The second-order valence-corrected chi connectivity index (χ2v) is 0.882. The molecule has 0 unspecified atom stereocenters. The van der Waals surface area contributed by atoms with Gasteiger partial charge in [0.25, 0.3) is 0 Å². The molecule has 3 nitrogen and oxygen atoms in total. The molecule has 0 rings (SSSR count). The Balaban J connectivity index is 3.89. The van der Waals surface area contributed by atoms with E-state index < -0.39 is 11.1 Å². The molecule has 0 aliphatic carbocycles. The quantitative estimate of drug-likeness (QED) is 0.169. The van der Waals surface area contributed by atoms with Gasteiger partial charge in [0.2, 0.25) is 0 Å². The highest BCUT2D eigenvalue weighted by Gasteiger charge is 2.15. The van der Waals surface area contributed by atoms with Crippen molar-refractivity contribution >= 4 is 6.21 Å². The average Bonchev–Trinajstić information content (AvgIpc) is 1.21. The van der Waals surface area contributed by atoms with Gasteiger partial charge >= 0.3 is 6.18 Å². The molecule has 0 aromatic carbocycles. The molecular weight excluding hydrogens is 127 g/mol. The SMILES string of the molecule is [O-][N+](O)=[C-]C(F)(F)F. The first-order valence-corrected chi connectivity index (χ1v) is 1.42. The molecule has 8 heavy (non-hydrogen) atoms. The molecule has 0 aromatic rings. The van der Waals surface area contributed by atoms with Crippen LogP contribution in [0.15, 0.2) is 0 Å². The summed E-state index contributed by atoms with van der Waals surface area (Å²) in [5.41, 5.74) is 0. The van der Waals surface area contributed by atoms with Crippen molar-refractivity contribution < 1.29 is 23.3 Å². The predicted octanol–water partition coefficient (Wildman–Crippen LogP) is 0.396. The van der Waals surface area contributed by atoms with E-state index >= 15 is 0 Å². The van der Waals surface area contributed by atoms with Crippen LogP contribution in [0.25, 0.3) is 0 Å². The van der Waals surface area contributed by atoms with Crippen molar-refractivity contribution in [1.82, 2.24) is 0 Å². The lowest BCUT2D eigenvalue weighted by atomic mass is 10.7. The Bertz CT molecular complexity index is 102. The van der Waals surface area contributed by atoms with Crippen molar-refractivity contribution in [3.8, 4) is 0 Å². The standard InChI is InChI=1S/C2HF3NO2/c3-2(4,5)1-6(7)8/h(H,7,8)/q-1. The minimum atomic E-state index is -4.86. The number of hydrogen-bond acceptors (Lipinski definition) is 2. The zero-order valence-corrected chi connectivity index (χ0v) is 3.44. The molecule has 0 atom stereocenters. The summed E-state index contributed by atoms with van der Waals surface area (Å²) in [4.78, 5) is -1.42. The Morgan fingerprint density at radius 2 is 1.88 bits per heavy atom. The molecule has 0 heterocycles. The Labute approximate surface area is 42.2 Å². The van der Waals surface area contributed by atoms with E-state index in [0.717, 1.165) is 0 Å². The fourth-order valence-electron chi connectivity index (χ4n) is 0.108. The molecule has 0 aromatic heterocycles. The molecular formula is C2HF3NO2-. The van der Waals surface area contributed by atoms with E-state index in [1.165, 1.54) is 0 Å². The maximum atomic E-state index is 10.8. The number of alkyl halides is 3. The largest absolute Gasteiger partial charge is 0.447 e. The smallest absolute Gasteiger partial charge is 0.325 e. The molecule has 6 heteroatoms. The molecule has 48 valence electrons. The second kappa shape index (κ2) is 1.89. The molecule has 0 spiro atoms. The Morgan fingerprint density at radius 1 is 1.50 bits per heavy atom. The van der Waals surface area contributed by atoms with Gasteiger partial charge in [-0.1, -0.05) is 0 Å². The Kier molecular flexibility index (Phi) is 1.67. The van der Waals surface area contributed by atoms with Gasteiger partial charge in [0.15, 0.2) is 0 Å². The average molecular weight is 128 g/mol. The van der Waals surface area contributed by atoms with Crippen LogP contribution in [0.3, 0.4) is 0 Å². The van der Waals surface area contributed by atoms with Crippen molar-refractivity contribution in [2.45, 2.75) is 6.18 Å². The molecule has 0 saturated carbocycles. The van der Waals surface area contributed by atoms with Crippen molar-refractivity contribution in [2.24, 2.45) is 0 Å². The van der Waals surface area contributed by atoms with Crippen LogP contribution in [-0.4, -0.2) is 22.5 Å². The molecule has 0 radical (unpaired) electrons. The molecule has 1 N–H and O–H groups in total. The van der Waals surface area contributed by atoms with Gasteiger partial charge in [0, 0.05) is 0 Å². The van der Waals surface area contributed by atoms with Crippen LogP contribution >= 0.6 is 0 Å². The normalized spacial score (nSPS) is 14.1. The number of nitrogens with zero attached hydrogens (tertiary/aromatic N) is 1. The Morgan fingerprint density at radius 3 is 1.88 bits per heavy atom. The number of halogens is 3. The fourth-order valence-corrected chi connectivity index (χ4v) is 0.108. The second-order valence-electron chi connectivity index (χ2n) is 0.882. The summed E-state index contributed by atoms with van der Waals surface area (Å²) in [5.74, 6) is 0. The van der Waals surface area contributed by atoms with Crippen LogP contribution in [-0.2, 0) is 0 Å². The van der Waals surface area contributed by atoms with Gasteiger partial charge in [-0.15, -0.1) is 4.90 Å². The summed E-state index contributed by atoms with van der Waals surface area (Å²) in [6, 6.07) is 0. The zero-order chi connectivity index (χ0) is 6.78. The minimum Gasteiger partial charge on any atom is -0.447 e. The highest BCUT2D eigenvalue weighted by atomic mass is 19.4. The van der Waals surface area contributed by atoms with Crippen LogP contribution in [0.4, 0.5) is 13.2 Å². The molecule has 0 fully saturated rings. The van der Waals surface area contributed by atoms with Crippen LogP contribution in [0.5, 0.6) is 0 Å². The number of rotatable bonds is 0. The lowest BCUT2D eigenvalue weighted by Crippen LogP contribution is -2.15. The summed E-state index contributed by atoms with van der Waals surface area (Å²) in [5, 5.41) is 16.4. The first-order chi connectivity index (χ1) is 3.42. The van der Waals surface area contributed by atoms with Crippen molar-refractivity contribution in [2.75, 3.05) is 0 Å². The predicted molar refractivity (Wildman–Crippen MR) is 16.5 cm³/mol. The van der Waals surface area contributed by atoms with Crippen molar-refractivity contribution in [3.63, 3.8) is 0 Å². The van der Waals surface area contributed by atoms with Crippen molar-refractivity contribution in [3.05, 3.63) is 5.21 Å². The van der Waals surface area contributed by atoms with E-state index in [2.05, 4.69) is 0 Å². The van der Waals surface area contributed by atoms with Gasteiger partial charge in [0.05, 0.1) is 0 Å². The highest BCUT2D eigenvalue weighted by molar-refractivity contribution is 5.58. The minimum absolute atomic E-state index is 0.215. The third-order valence-electron chi connectivity index (χ3n) is 0.222. The zero-order valence-electron chi connectivity index (χ0n) is 3.44. The number of hydrogen-bond donors (Lipinski definition) is 1. The van der Waals surface area contributed by atoms with Gasteiger partial charge in [0.1, 0.15) is 0 Å². The van der Waals surface area contributed by atoms with E-state index in [9.17, 15) is 13.2 Å². The lowest BCUT2D eigenvalue weighted by Gasteiger charge is -2.05. The van der Waals surface area contributed by atoms with Gasteiger partial charge < -0.3 is 5.21 Å². The molecule has 0 aliphatic heterocycles. The monoisotopic (exact) mass is 128 g/mol. The third-order valence-corrected chi connectivity index (χ3v) is 0.222. The maximum Gasteiger partial charge on any atom is 0.325 e. The van der Waals surface area contributed by atoms with Gasteiger partial charge in [-0.05, 0) is 6.21 Å². The van der Waals surface area contributed by atoms with E-state index in [1.54, 1.807) is 0 Å². The van der Waals surface area contributed by atoms with Crippen LogP contribution in [0, 0.1) is 5.21 Å². The summed E-state index contributed by atoms with van der Waals surface area (Å²) >= 11 is 0. The highest BCUT2D eigenvalue weighted by Crippen LogP contribution is 2.09. The first kappa shape index (κ1) is 7.06.